The number of nitrogens with one attached hydrogen (secondary N) is 1. The fourth-order valence-electron chi connectivity index (χ4n) is 1.78. The van der Waals surface area contributed by atoms with Gasteiger partial charge in [-0.3, -0.25) is 0 Å². The summed E-state index contributed by atoms with van der Waals surface area (Å²) >= 11 is 0. The van der Waals surface area contributed by atoms with Gasteiger partial charge in [0.2, 0.25) is 5.88 Å². The van der Waals surface area contributed by atoms with E-state index < -0.39 is 0 Å². The summed E-state index contributed by atoms with van der Waals surface area (Å²) < 4.78 is 18.6. The Bertz CT molecular complexity index is 543. The Morgan fingerprint density at radius 1 is 1.22 bits per heavy atom. The van der Waals surface area contributed by atoms with Crippen LogP contribution in [0.4, 0.5) is 4.39 Å². The fourth-order valence-corrected chi connectivity index (χ4v) is 1.78. The Labute approximate surface area is 106 Å². The van der Waals surface area contributed by atoms with E-state index in [2.05, 4.69) is 10.3 Å². The van der Waals surface area contributed by atoms with E-state index in [1.54, 1.807) is 26.4 Å². The minimum absolute atomic E-state index is 0.200. The molecule has 0 unspecified atom stereocenters. The van der Waals surface area contributed by atoms with E-state index in [4.69, 9.17) is 4.74 Å². The highest BCUT2D eigenvalue weighted by atomic mass is 19.1. The molecule has 2 aromatic rings. The van der Waals surface area contributed by atoms with Crippen molar-refractivity contribution in [1.29, 1.82) is 0 Å². The maximum atomic E-state index is 13.5. The molecular formula is C14H15FN2O. The molecular weight excluding hydrogens is 231 g/mol. The molecule has 0 aliphatic rings. The molecule has 1 aromatic carbocycles. The first kappa shape index (κ1) is 12.5. The predicted octanol–water partition coefficient (Wildman–Crippen LogP) is 2.62. The molecule has 0 aliphatic carbocycles. The molecule has 0 fully saturated rings. The predicted molar refractivity (Wildman–Crippen MR) is 68.9 cm³/mol. The van der Waals surface area contributed by atoms with Crippen LogP contribution < -0.4 is 10.1 Å². The number of benzene rings is 1. The molecule has 0 radical (unpaired) electrons. The van der Waals surface area contributed by atoms with Crippen molar-refractivity contribution in [3.8, 4) is 17.0 Å². The monoisotopic (exact) mass is 246 g/mol. The van der Waals surface area contributed by atoms with E-state index in [1.807, 2.05) is 18.2 Å². The van der Waals surface area contributed by atoms with Crippen molar-refractivity contribution in [2.24, 2.45) is 0 Å². The summed E-state index contributed by atoms with van der Waals surface area (Å²) in [5, 5.41) is 2.95. The van der Waals surface area contributed by atoms with Crippen molar-refractivity contribution in [3.05, 3.63) is 47.9 Å². The van der Waals surface area contributed by atoms with Crippen molar-refractivity contribution in [2.45, 2.75) is 6.54 Å². The van der Waals surface area contributed by atoms with Crippen LogP contribution in [0.2, 0.25) is 0 Å². The summed E-state index contributed by atoms with van der Waals surface area (Å²) in [7, 11) is 3.37. The minimum Gasteiger partial charge on any atom is -0.481 e. The summed E-state index contributed by atoms with van der Waals surface area (Å²) in [6.07, 6.45) is 1.68. The molecule has 18 heavy (non-hydrogen) atoms. The van der Waals surface area contributed by atoms with Crippen molar-refractivity contribution in [2.75, 3.05) is 14.2 Å². The van der Waals surface area contributed by atoms with Gasteiger partial charge in [-0.05, 0) is 36.4 Å². The van der Waals surface area contributed by atoms with E-state index >= 15 is 0 Å². The average Bonchev–Trinajstić information content (AvgIpc) is 2.41. The Morgan fingerprint density at radius 3 is 2.72 bits per heavy atom. The van der Waals surface area contributed by atoms with Crippen molar-refractivity contribution in [1.82, 2.24) is 10.3 Å². The first-order valence-corrected chi connectivity index (χ1v) is 5.68. The van der Waals surface area contributed by atoms with E-state index in [-0.39, 0.29) is 5.82 Å². The third-order valence-corrected chi connectivity index (χ3v) is 2.69. The molecule has 1 aromatic heterocycles. The van der Waals surface area contributed by atoms with Crippen LogP contribution in [0.1, 0.15) is 5.56 Å². The molecule has 0 amide bonds. The lowest BCUT2D eigenvalue weighted by molar-refractivity contribution is 0.398. The van der Waals surface area contributed by atoms with Gasteiger partial charge in [0.15, 0.2) is 0 Å². The molecule has 4 heteroatoms. The molecule has 0 spiro atoms. The number of halogens is 1. The van der Waals surface area contributed by atoms with Gasteiger partial charge in [0.1, 0.15) is 5.82 Å². The van der Waals surface area contributed by atoms with Crippen LogP contribution in [-0.2, 0) is 6.54 Å². The van der Waals surface area contributed by atoms with Gasteiger partial charge < -0.3 is 10.1 Å². The Kier molecular flexibility index (Phi) is 3.89. The second-order valence-electron chi connectivity index (χ2n) is 3.92. The first-order chi connectivity index (χ1) is 8.74. The summed E-state index contributed by atoms with van der Waals surface area (Å²) in [5.74, 6) is 0.348. The first-order valence-electron chi connectivity index (χ1n) is 5.68. The summed E-state index contributed by atoms with van der Waals surface area (Å²) in [6.45, 7) is 0.502. The van der Waals surface area contributed by atoms with Crippen LogP contribution in [0, 0.1) is 5.82 Å². The SMILES string of the molecule is CNCc1cc(-c2ccnc(OC)c2)ccc1F. The largest absolute Gasteiger partial charge is 0.481 e. The van der Waals surface area contributed by atoms with E-state index in [1.165, 1.54) is 6.07 Å². The Morgan fingerprint density at radius 2 is 2.00 bits per heavy atom. The maximum absolute atomic E-state index is 13.5. The van der Waals surface area contributed by atoms with E-state index in [9.17, 15) is 4.39 Å². The third kappa shape index (κ3) is 2.65. The van der Waals surface area contributed by atoms with Crippen LogP contribution in [0.15, 0.2) is 36.5 Å². The number of methoxy groups -OCH3 is 1. The molecule has 1 N–H and O–H groups in total. The quantitative estimate of drug-likeness (QED) is 0.900. The van der Waals surface area contributed by atoms with Gasteiger partial charge in [0, 0.05) is 24.4 Å². The zero-order valence-electron chi connectivity index (χ0n) is 10.4. The number of pyridine rings is 1. The summed E-state index contributed by atoms with van der Waals surface area (Å²) in [6, 6.07) is 8.77. The molecule has 1 heterocycles. The van der Waals surface area contributed by atoms with Crippen LogP contribution in [0.25, 0.3) is 11.1 Å². The van der Waals surface area contributed by atoms with Crippen LogP contribution in [-0.4, -0.2) is 19.1 Å². The molecule has 2 rings (SSSR count). The van der Waals surface area contributed by atoms with Gasteiger partial charge in [-0.2, -0.15) is 0 Å². The number of hydrogen-bond donors (Lipinski definition) is 1. The van der Waals surface area contributed by atoms with Crippen molar-refractivity contribution >= 4 is 0 Å². The summed E-state index contributed by atoms with van der Waals surface area (Å²) in [5.41, 5.74) is 2.55. The lowest BCUT2D eigenvalue weighted by atomic mass is 10.0. The zero-order valence-corrected chi connectivity index (χ0v) is 10.4. The van der Waals surface area contributed by atoms with Gasteiger partial charge in [-0.1, -0.05) is 6.07 Å². The molecule has 3 nitrogen and oxygen atoms in total. The summed E-state index contributed by atoms with van der Waals surface area (Å²) in [4.78, 5) is 4.05. The molecule has 0 aliphatic heterocycles. The third-order valence-electron chi connectivity index (χ3n) is 2.69. The fraction of sp³-hybridized carbons (Fsp3) is 0.214. The number of ether oxygens (including phenoxy) is 1. The number of aromatic nitrogens is 1. The maximum Gasteiger partial charge on any atom is 0.213 e. The normalized spacial score (nSPS) is 10.4. The highest BCUT2D eigenvalue weighted by molar-refractivity contribution is 5.64. The minimum atomic E-state index is -0.200. The smallest absolute Gasteiger partial charge is 0.213 e. The van der Waals surface area contributed by atoms with Crippen LogP contribution >= 0.6 is 0 Å². The molecule has 0 saturated heterocycles. The molecule has 0 bridgehead atoms. The standard InChI is InChI=1S/C14H15FN2O/c1-16-9-12-7-10(3-4-13(12)15)11-5-6-17-14(8-11)18-2/h3-8,16H,9H2,1-2H3. The Hall–Kier alpha value is -1.94. The van der Waals surface area contributed by atoms with Crippen LogP contribution in [0.3, 0.4) is 0 Å². The second kappa shape index (κ2) is 5.60. The van der Waals surface area contributed by atoms with Gasteiger partial charge in [-0.25, -0.2) is 9.37 Å². The van der Waals surface area contributed by atoms with Gasteiger partial charge >= 0.3 is 0 Å². The molecule has 0 saturated carbocycles. The van der Waals surface area contributed by atoms with Gasteiger partial charge in [0.25, 0.3) is 0 Å². The number of rotatable bonds is 4. The number of hydrogen-bond acceptors (Lipinski definition) is 3. The molecule has 0 atom stereocenters. The van der Waals surface area contributed by atoms with E-state index in [0.29, 0.717) is 18.0 Å². The van der Waals surface area contributed by atoms with Crippen molar-refractivity contribution < 1.29 is 9.13 Å². The lowest BCUT2D eigenvalue weighted by Gasteiger charge is -2.07. The van der Waals surface area contributed by atoms with Gasteiger partial charge in [-0.15, -0.1) is 0 Å². The van der Waals surface area contributed by atoms with Crippen molar-refractivity contribution in [3.63, 3.8) is 0 Å². The lowest BCUT2D eigenvalue weighted by Crippen LogP contribution is -2.07. The van der Waals surface area contributed by atoms with E-state index in [0.717, 1.165) is 11.1 Å². The Balaban J connectivity index is 2.40. The van der Waals surface area contributed by atoms with Crippen LogP contribution in [0.5, 0.6) is 5.88 Å². The molecule has 94 valence electrons. The highest BCUT2D eigenvalue weighted by Crippen LogP contribution is 2.24. The number of nitrogens with zero attached hydrogens (tertiary/aromatic N) is 1. The van der Waals surface area contributed by atoms with Gasteiger partial charge in [0.05, 0.1) is 7.11 Å². The zero-order chi connectivity index (χ0) is 13.0. The average molecular weight is 246 g/mol. The topological polar surface area (TPSA) is 34.2 Å². The highest BCUT2D eigenvalue weighted by Gasteiger charge is 2.05. The second-order valence-corrected chi connectivity index (χ2v) is 3.92.